The Labute approximate surface area is 457 Å². The Morgan fingerprint density at radius 1 is 0.400 bits per heavy atom. The van der Waals surface area contributed by atoms with Gasteiger partial charge in [-0.3, -0.25) is 18.6 Å². The maximum absolute atomic E-state index is 12.7. The lowest BCUT2D eigenvalue weighted by molar-refractivity contribution is -0.161. The van der Waals surface area contributed by atoms with Crippen LogP contribution in [0.4, 0.5) is 0 Å². The summed E-state index contributed by atoms with van der Waals surface area (Å²) in [5.74, 6) is -0.891. The van der Waals surface area contributed by atoms with E-state index in [-0.39, 0.29) is 32.6 Å². The molecule has 3 N–H and O–H groups in total. The van der Waals surface area contributed by atoms with Gasteiger partial charge in [-0.15, -0.1) is 0 Å². The van der Waals surface area contributed by atoms with Crippen molar-refractivity contribution in [1.82, 2.24) is 0 Å². The Balaban J connectivity index is 4.16. The number of allylic oxidation sites excluding steroid dienone is 28. The van der Waals surface area contributed by atoms with Crippen LogP contribution in [0.3, 0.4) is 0 Å². The molecule has 0 saturated carbocycles. The van der Waals surface area contributed by atoms with Gasteiger partial charge < -0.3 is 20.1 Å². The van der Waals surface area contributed by atoms with Crippen LogP contribution in [-0.2, 0) is 32.7 Å². The quantitative estimate of drug-likeness (QED) is 0.0264. The van der Waals surface area contributed by atoms with Gasteiger partial charge in [0, 0.05) is 19.4 Å². The summed E-state index contributed by atoms with van der Waals surface area (Å²) in [4.78, 5) is 35.2. The Hall–Kier alpha value is -4.63. The van der Waals surface area contributed by atoms with E-state index >= 15 is 0 Å². The highest BCUT2D eigenvalue weighted by Crippen LogP contribution is 2.43. The molecule has 2 unspecified atom stereocenters. The van der Waals surface area contributed by atoms with Crippen LogP contribution in [0.1, 0.15) is 194 Å². The topological polar surface area (TPSA) is 134 Å². The molecule has 0 aliphatic carbocycles. The highest BCUT2D eigenvalue weighted by atomic mass is 31.2. The summed E-state index contributed by atoms with van der Waals surface area (Å²) in [6.45, 7) is 3.43. The minimum absolute atomic E-state index is 0.0359. The Morgan fingerprint density at radius 2 is 0.693 bits per heavy atom. The zero-order valence-electron chi connectivity index (χ0n) is 46.7. The van der Waals surface area contributed by atoms with E-state index in [0.29, 0.717) is 12.8 Å². The van der Waals surface area contributed by atoms with Crippen LogP contribution in [0, 0.1) is 0 Å². The van der Waals surface area contributed by atoms with Crippen LogP contribution in [0.25, 0.3) is 0 Å². The van der Waals surface area contributed by atoms with Crippen molar-refractivity contribution < 1.29 is 37.6 Å². The lowest BCUT2D eigenvalue weighted by Gasteiger charge is -2.19. The van der Waals surface area contributed by atoms with E-state index in [1.165, 1.54) is 0 Å². The number of rotatable bonds is 51. The Kier molecular flexibility index (Phi) is 55.0. The van der Waals surface area contributed by atoms with Crippen LogP contribution in [0.15, 0.2) is 170 Å². The lowest BCUT2D eigenvalue weighted by atomic mass is 10.1. The highest BCUT2D eigenvalue weighted by Gasteiger charge is 2.26. The van der Waals surface area contributed by atoms with Crippen molar-refractivity contribution in [2.45, 2.75) is 200 Å². The van der Waals surface area contributed by atoms with Gasteiger partial charge in [-0.2, -0.15) is 0 Å². The number of phosphoric ester groups is 1. The van der Waals surface area contributed by atoms with Crippen LogP contribution in [-0.4, -0.2) is 49.3 Å². The van der Waals surface area contributed by atoms with Crippen LogP contribution < -0.4 is 5.73 Å². The zero-order chi connectivity index (χ0) is 54.5. The summed E-state index contributed by atoms with van der Waals surface area (Å²) in [5.41, 5.74) is 5.38. The van der Waals surface area contributed by atoms with E-state index in [0.717, 1.165) is 154 Å². The van der Waals surface area contributed by atoms with Gasteiger partial charge in [0.25, 0.3) is 0 Å². The molecular formula is C65H102NO8P. The molecule has 0 aliphatic heterocycles. The maximum Gasteiger partial charge on any atom is 0.472 e. The molecule has 0 rings (SSSR count). The molecule has 2 atom stereocenters. The summed E-state index contributed by atoms with van der Waals surface area (Å²) in [5, 5.41) is 0. The molecule has 9 nitrogen and oxygen atoms in total. The fraction of sp³-hybridized carbons (Fsp3) is 0.538. The smallest absolute Gasteiger partial charge is 0.462 e. The predicted molar refractivity (Wildman–Crippen MR) is 320 cm³/mol. The second kappa shape index (κ2) is 58.6. The van der Waals surface area contributed by atoms with Gasteiger partial charge in [-0.25, -0.2) is 4.57 Å². The summed E-state index contributed by atoms with van der Waals surface area (Å²) in [7, 11) is -4.41. The first kappa shape index (κ1) is 70.4. The van der Waals surface area contributed by atoms with E-state index in [9.17, 15) is 19.0 Å². The number of hydrogen-bond acceptors (Lipinski definition) is 8. The molecule has 10 heteroatoms. The third-order valence-electron chi connectivity index (χ3n) is 11.1. The SMILES string of the molecule is CC/C=C\C/C=C\C/C=C\C/C=C\C/C=C\C/C=C\C/C=C\C/C=C\CCCCCCC(=O)OC(COC(=O)CCCCCCCC/C=C\C/C=C\C/C=C\C/C=C\C/C=C\C/C=C\CC)COP(=O)(O)OCCN. The number of carbonyl (C=O) groups excluding carboxylic acids is 2. The second-order valence-corrected chi connectivity index (χ2v) is 19.5. The molecule has 0 amide bonds. The van der Waals surface area contributed by atoms with Gasteiger partial charge in [0.1, 0.15) is 6.61 Å². The summed E-state index contributed by atoms with van der Waals surface area (Å²) in [6, 6.07) is 0. The first-order valence-electron chi connectivity index (χ1n) is 28.6. The van der Waals surface area contributed by atoms with E-state index in [2.05, 4.69) is 184 Å². The second-order valence-electron chi connectivity index (χ2n) is 18.0. The number of hydrogen-bond donors (Lipinski definition) is 2. The molecule has 0 spiro atoms. The van der Waals surface area contributed by atoms with Crippen molar-refractivity contribution >= 4 is 19.8 Å². The molecule has 0 fully saturated rings. The zero-order valence-corrected chi connectivity index (χ0v) is 47.6. The molecule has 0 saturated heterocycles. The average molecular weight is 1060 g/mol. The summed E-state index contributed by atoms with van der Waals surface area (Å²) < 4.78 is 33.0. The normalized spacial score (nSPS) is 14.3. The van der Waals surface area contributed by atoms with E-state index in [1.807, 2.05) is 0 Å². The molecule has 75 heavy (non-hydrogen) atoms. The molecule has 0 radical (unpaired) electrons. The third-order valence-corrected chi connectivity index (χ3v) is 12.1. The Bertz CT molecular complexity index is 1820. The van der Waals surface area contributed by atoms with Gasteiger partial charge in [0.2, 0.25) is 0 Å². The fourth-order valence-corrected chi connectivity index (χ4v) is 7.71. The number of ether oxygens (including phenoxy) is 2. The largest absolute Gasteiger partial charge is 0.472 e. The molecular weight excluding hydrogens is 954 g/mol. The van der Waals surface area contributed by atoms with Crippen molar-refractivity contribution in [1.29, 1.82) is 0 Å². The third kappa shape index (κ3) is 58.5. The van der Waals surface area contributed by atoms with Crippen LogP contribution in [0.2, 0.25) is 0 Å². The number of phosphoric acid groups is 1. The summed E-state index contributed by atoms with van der Waals surface area (Å²) >= 11 is 0. The van der Waals surface area contributed by atoms with Gasteiger partial charge in [-0.05, 0) is 128 Å². The van der Waals surface area contributed by atoms with Crippen LogP contribution in [0.5, 0.6) is 0 Å². The Morgan fingerprint density at radius 3 is 1.03 bits per heavy atom. The lowest BCUT2D eigenvalue weighted by Crippen LogP contribution is -2.29. The van der Waals surface area contributed by atoms with Gasteiger partial charge in [0.05, 0.1) is 13.2 Å². The van der Waals surface area contributed by atoms with E-state index in [1.54, 1.807) is 0 Å². The summed E-state index contributed by atoms with van der Waals surface area (Å²) in [6.07, 6.45) is 86.8. The number of carbonyl (C=O) groups is 2. The standard InChI is InChI=1S/C65H102NO8P/c1-3-5-7-9-11-13-15-17-19-21-23-25-27-29-30-31-32-34-36-38-40-42-44-46-48-50-52-54-56-58-65(68)74-63(62-73-75(69,70)72-60-59-66)61-71-64(67)57-55-53-51-49-47-45-43-41-39-37-35-33-28-26-24-22-20-18-16-14-12-10-8-6-4-2/h5-8,11-14,17-20,23-26,29-30,32-35,38-41,44,46,63H,3-4,9-10,15-16,21-22,27-28,31,36-37,42-43,45,47-62,66H2,1-2H3,(H,69,70)/b7-5-,8-6-,13-11-,14-12-,19-17-,20-18-,25-23-,26-24-,30-29-,34-32-,35-33-,40-38-,41-39-,46-44-. The van der Waals surface area contributed by atoms with E-state index in [4.69, 9.17) is 24.3 Å². The van der Waals surface area contributed by atoms with Crippen LogP contribution >= 0.6 is 7.82 Å². The van der Waals surface area contributed by atoms with Crippen molar-refractivity contribution in [3.63, 3.8) is 0 Å². The first-order valence-corrected chi connectivity index (χ1v) is 30.1. The minimum Gasteiger partial charge on any atom is -0.462 e. The number of esters is 2. The van der Waals surface area contributed by atoms with Crippen molar-refractivity contribution in [2.24, 2.45) is 5.73 Å². The molecule has 0 bridgehead atoms. The molecule has 0 aromatic heterocycles. The number of unbranched alkanes of at least 4 members (excludes halogenated alkanes) is 10. The average Bonchev–Trinajstić information content (AvgIpc) is 3.40. The monoisotopic (exact) mass is 1060 g/mol. The van der Waals surface area contributed by atoms with Crippen molar-refractivity contribution in [2.75, 3.05) is 26.4 Å². The molecule has 0 aliphatic rings. The highest BCUT2D eigenvalue weighted by molar-refractivity contribution is 7.47. The van der Waals surface area contributed by atoms with Crippen molar-refractivity contribution in [3.05, 3.63) is 170 Å². The van der Waals surface area contributed by atoms with Crippen molar-refractivity contribution in [3.8, 4) is 0 Å². The van der Waals surface area contributed by atoms with Gasteiger partial charge in [-0.1, -0.05) is 223 Å². The van der Waals surface area contributed by atoms with E-state index < -0.39 is 32.5 Å². The molecule has 0 aromatic rings. The molecule has 0 aromatic carbocycles. The number of nitrogens with two attached hydrogens (primary N) is 1. The first-order chi connectivity index (χ1) is 36.8. The maximum atomic E-state index is 12.7. The minimum atomic E-state index is -4.41. The molecule has 420 valence electrons. The van der Waals surface area contributed by atoms with Gasteiger partial charge in [0.15, 0.2) is 6.10 Å². The van der Waals surface area contributed by atoms with Gasteiger partial charge >= 0.3 is 19.8 Å². The molecule has 0 heterocycles. The fourth-order valence-electron chi connectivity index (χ4n) is 6.95. The predicted octanol–water partition coefficient (Wildman–Crippen LogP) is 18.3.